The van der Waals surface area contributed by atoms with Crippen LogP contribution in [0.5, 0.6) is 0 Å². The van der Waals surface area contributed by atoms with Crippen LogP contribution in [0.2, 0.25) is 5.15 Å². The largest absolute Gasteiger partial charge is 0.264 e. The van der Waals surface area contributed by atoms with Crippen molar-refractivity contribution in [1.82, 2.24) is 15.4 Å². The Bertz CT molecular complexity index is 116. The number of H-pyrrole nitrogens is 1. The summed E-state index contributed by atoms with van der Waals surface area (Å²) in [6.45, 7) is 0. The minimum atomic E-state index is 0. The van der Waals surface area contributed by atoms with E-state index >= 15 is 0 Å². The Morgan fingerprint density at radius 3 is 2.57 bits per heavy atom. The van der Waals surface area contributed by atoms with Crippen molar-refractivity contribution in [2.75, 3.05) is 0 Å². The van der Waals surface area contributed by atoms with Crippen molar-refractivity contribution in [3.05, 3.63) is 11.3 Å². The van der Waals surface area contributed by atoms with Gasteiger partial charge in [0.05, 0.1) is 6.20 Å². The van der Waals surface area contributed by atoms with Crippen LogP contribution < -0.4 is 0 Å². The average Bonchev–Trinajstić information content (AvgIpc) is 1.86. The molecule has 40 valence electrons. The Kier molecular flexibility index (Phi) is 3.00. The number of halogens is 1. The molecule has 7 heavy (non-hydrogen) atoms. The Morgan fingerprint density at radius 1 is 1.71 bits per heavy atom. The summed E-state index contributed by atoms with van der Waals surface area (Å²) >= 11 is 5.25. The topological polar surface area (TPSA) is 41.6 Å². The second-order valence-corrected chi connectivity index (χ2v) is 1.18. The van der Waals surface area contributed by atoms with Crippen molar-refractivity contribution in [2.24, 2.45) is 0 Å². The van der Waals surface area contributed by atoms with Crippen LogP contribution in [0.1, 0.15) is 0 Å². The molecule has 0 saturated heterocycles. The number of aromatic amines is 1. The van der Waals surface area contributed by atoms with Gasteiger partial charge in [-0.05, 0) is 0 Å². The van der Waals surface area contributed by atoms with E-state index in [0.717, 1.165) is 0 Å². The van der Waals surface area contributed by atoms with Crippen molar-refractivity contribution in [3.8, 4) is 0 Å². The number of rotatable bonds is 0. The summed E-state index contributed by atoms with van der Waals surface area (Å²) in [5.41, 5.74) is 0. The van der Waals surface area contributed by atoms with Crippen LogP contribution in [0.4, 0.5) is 0 Å². The van der Waals surface area contributed by atoms with Gasteiger partial charge in [0.25, 0.3) is 0 Å². The zero-order chi connectivity index (χ0) is 4.41. The van der Waals surface area contributed by atoms with Crippen LogP contribution in [0.3, 0.4) is 0 Å². The second kappa shape index (κ2) is 3.02. The molecule has 0 aliphatic rings. The fourth-order valence-corrected chi connectivity index (χ4v) is 0.274. The van der Waals surface area contributed by atoms with Gasteiger partial charge in [0, 0.05) is 17.1 Å². The standard InChI is InChI=1S/C2H2ClN3.Fe/c3-2-1-4-6-5-2;/h1H,(H,4,5,6);. The van der Waals surface area contributed by atoms with Crippen LogP contribution in [0.15, 0.2) is 6.20 Å². The summed E-state index contributed by atoms with van der Waals surface area (Å²) in [6, 6.07) is 0. The van der Waals surface area contributed by atoms with Gasteiger partial charge in [-0.15, -0.1) is 5.10 Å². The molecule has 1 heterocycles. The number of hydrogen-bond acceptors (Lipinski definition) is 2. The van der Waals surface area contributed by atoms with Gasteiger partial charge < -0.3 is 0 Å². The molecule has 0 unspecified atom stereocenters. The van der Waals surface area contributed by atoms with E-state index in [0.29, 0.717) is 5.15 Å². The zero-order valence-corrected chi connectivity index (χ0v) is 5.06. The van der Waals surface area contributed by atoms with E-state index in [1.165, 1.54) is 6.20 Å². The summed E-state index contributed by atoms with van der Waals surface area (Å²) in [5, 5.41) is 9.53. The third-order valence-corrected chi connectivity index (χ3v) is 0.572. The fraction of sp³-hybridized carbons (Fsp3) is 0. The first-order valence-corrected chi connectivity index (χ1v) is 1.79. The predicted molar refractivity (Wildman–Crippen MR) is 21.4 cm³/mol. The van der Waals surface area contributed by atoms with Crippen LogP contribution in [0.25, 0.3) is 0 Å². The molecular formula is C2H2ClFeN3. The number of nitrogens with one attached hydrogen (secondary N) is 1. The molecule has 1 aromatic heterocycles. The number of hydrogen-bond donors (Lipinski definition) is 1. The zero-order valence-electron chi connectivity index (χ0n) is 3.20. The Labute approximate surface area is 55.9 Å². The molecule has 0 aliphatic heterocycles. The third kappa shape index (κ3) is 1.92. The van der Waals surface area contributed by atoms with Crippen molar-refractivity contribution in [2.45, 2.75) is 0 Å². The number of nitrogens with zero attached hydrogens (tertiary/aromatic N) is 2. The number of aromatic nitrogens is 3. The fourth-order valence-electron chi connectivity index (χ4n) is 0.188. The van der Waals surface area contributed by atoms with Crippen LogP contribution in [-0.4, -0.2) is 15.4 Å². The van der Waals surface area contributed by atoms with Crippen molar-refractivity contribution >= 4 is 11.6 Å². The Morgan fingerprint density at radius 2 is 2.43 bits per heavy atom. The first kappa shape index (κ1) is 6.95. The molecule has 0 fully saturated rings. The van der Waals surface area contributed by atoms with Gasteiger partial charge in [-0.3, -0.25) is 5.10 Å². The van der Waals surface area contributed by atoms with Gasteiger partial charge in [-0.2, -0.15) is 0 Å². The van der Waals surface area contributed by atoms with Crippen molar-refractivity contribution in [1.29, 1.82) is 0 Å². The Hall–Kier alpha value is -0.0505. The summed E-state index contributed by atoms with van der Waals surface area (Å²) in [5.74, 6) is 0. The summed E-state index contributed by atoms with van der Waals surface area (Å²) < 4.78 is 0. The molecule has 0 aliphatic carbocycles. The minimum absolute atomic E-state index is 0. The van der Waals surface area contributed by atoms with Crippen LogP contribution in [-0.2, 0) is 17.1 Å². The van der Waals surface area contributed by atoms with Crippen molar-refractivity contribution in [3.63, 3.8) is 0 Å². The van der Waals surface area contributed by atoms with Gasteiger partial charge in [-0.1, -0.05) is 16.8 Å². The van der Waals surface area contributed by atoms with Gasteiger partial charge in [0.15, 0.2) is 5.15 Å². The Balaban J connectivity index is 0.000000360. The summed E-state index contributed by atoms with van der Waals surface area (Å²) in [4.78, 5) is 0. The SMILES string of the molecule is Clc1c[nH]nn1.[Fe]. The molecule has 0 aromatic carbocycles. The molecule has 0 radical (unpaired) electrons. The van der Waals surface area contributed by atoms with Crippen molar-refractivity contribution < 1.29 is 17.1 Å². The maximum atomic E-state index is 5.25. The van der Waals surface area contributed by atoms with Crippen LogP contribution in [0, 0.1) is 0 Å². The summed E-state index contributed by atoms with van der Waals surface area (Å²) in [6.07, 6.45) is 1.50. The molecule has 3 nitrogen and oxygen atoms in total. The van der Waals surface area contributed by atoms with Gasteiger partial charge in [-0.25, -0.2) is 0 Å². The molecular weight excluding hydrogens is 157 g/mol. The first-order valence-electron chi connectivity index (χ1n) is 1.41. The quantitative estimate of drug-likeness (QED) is 0.559. The maximum absolute atomic E-state index is 5.25. The molecule has 0 atom stereocenters. The molecule has 1 N–H and O–H groups in total. The van der Waals surface area contributed by atoms with E-state index in [-0.39, 0.29) is 17.1 Å². The average molecular weight is 159 g/mol. The van der Waals surface area contributed by atoms with Crippen LogP contribution >= 0.6 is 11.6 Å². The van der Waals surface area contributed by atoms with E-state index in [9.17, 15) is 0 Å². The molecule has 1 aromatic rings. The molecule has 1 rings (SSSR count). The van der Waals surface area contributed by atoms with E-state index in [4.69, 9.17) is 11.6 Å². The van der Waals surface area contributed by atoms with E-state index in [1.54, 1.807) is 0 Å². The smallest absolute Gasteiger partial charge is 0.171 e. The summed E-state index contributed by atoms with van der Waals surface area (Å²) in [7, 11) is 0. The van der Waals surface area contributed by atoms with Gasteiger partial charge >= 0.3 is 0 Å². The molecule has 0 saturated carbocycles. The normalized spacial score (nSPS) is 7.57. The van der Waals surface area contributed by atoms with Gasteiger partial charge in [0.1, 0.15) is 0 Å². The molecule has 0 amide bonds. The van der Waals surface area contributed by atoms with E-state index in [1.807, 2.05) is 0 Å². The van der Waals surface area contributed by atoms with Gasteiger partial charge in [0.2, 0.25) is 0 Å². The van der Waals surface area contributed by atoms with E-state index in [2.05, 4.69) is 15.4 Å². The third-order valence-electron chi connectivity index (χ3n) is 0.387. The first-order chi connectivity index (χ1) is 2.89. The molecule has 5 heteroatoms. The van der Waals surface area contributed by atoms with E-state index < -0.39 is 0 Å². The molecule has 0 spiro atoms. The molecule has 0 bridgehead atoms. The monoisotopic (exact) mass is 159 g/mol. The predicted octanol–water partition coefficient (Wildman–Crippen LogP) is 0.456. The second-order valence-electron chi connectivity index (χ2n) is 0.796. The minimum Gasteiger partial charge on any atom is -0.264 e. The maximum Gasteiger partial charge on any atom is 0.171 e.